The first-order chi connectivity index (χ1) is 27.3. The smallest absolute Gasteiger partial charge is 0.411 e. The van der Waals surface area contributed by atoms with Gasteiger partial charge in [0, 0.05) is 46.1 Å². The molecule has 2 unspecified atom stereocenters. The van der Waals surface area contributed by atoms with E-state index in [9.17, 15) is 28.4 Å². The Morgan fingerprint density at radius 2 is 1.63 bits per heavy atom. The number of ketones is 2. The number of Topliss-reactive ketones (excluding diaryl/α,β-unsaturated/α-hetero) is 2. The second kappa shape index (κ2) is 18.3. The summed E-state index contributed by atoms with van der Waals surface area (Å²) in [6, 6.07) is 27.7. The van der Waals surface area contributed by atoms with Gasteiger partial charge in [0.1, 0.15) is 24.2 Å². The van der Waals surface area contributed by atoms with Crippen LogP contribution in [0, 0.1) is 18.7 Å². The molecule has 0 saturated carbocycles. The van der Waals surface area contributed by atoms with E-state index in [0.29, 0.717) is 29.2 Å². The lowest BCUT2D eigenvalue weighted by Crippen LogP contribution is -2.49. The third-order valence-corrected chi connectivity index (χ3v) is 10.3. The molecule has 0 radical (unpaired) electrons. The summed E-state index contributed by atoms with van der Waals surface area (Å²) in [5.74, 6) is -2.39. The molecule has 4 aromatic carbocycles. The molecular formula is C46H49FN3O7+. The van der Waals surface area contributed by atoms with Gasteiger partial charge >= 0.3 is 6.09 Å². The maximum Gasteiger partial charge on any atom is 0.411 e. The zero-order chi connectivity index (χ0) is 40.5. The van der Waals surface area contributed by atoms with E-state index in [1.807, 2.05) is 30.3 Å². The molecule has 11 heteroatoms. The summed E-state index contributed by atoms with van der Waals surface area (Å²) in [6.45, 7) is 7.52. The summed E-state index contributed by atoms with van der Waals surface area (Å²) in [7, 11) is 0. The van der Waals surface area contributed by atoms with Crippen molar-refractivity contribution in [3.63, 3.8) is 0 Å². The van der Waals surface area contributed by atoms with Gasteiger partial charge in [-0.2, -0.15) is 0 Å². The number of hydrogen-bond acceptors (Lipinski definition) is 7. The van der Waals surface area contributed by atoms with E-state index in [0.717, 1.165) is 24.0 Å². The minimum absolute atomic E-state index is 0.0310. The Bertz CT molecular complexity index is 2060. The molecule has 296 valence electrons. The minimum atomic E-state index is -1.19. The number of ether oxygens (including phenoxy) is 2. The number of nitrogens with zero attached hydrogens (tertiary/aromatic N) is 1. The van der Waals surface area contributed by atoms with Crippen LogP contribution in [-0.4, -0.2) is 58.6 Å². The number of carbonyl (C=O) groups is 5. The number of rotatable bonds is 9. The summed E-state index contributed by atoms with van der Waals surface area (Å²) in [6.07, 6.45) is 0.127. The lowest BCUT2D eigenvalue weighted by molar-refractivity contribution is -0.139. The molecule has 4 bridgehead atoms. The molecule has 3 amide bonds. The second-order valence-corrected chi connectivity index (χ2v) is 15.5. The van der Waals surface area contributed by atoms with E-state index in [1.54, 1.807) is 85.5 Å². The van der Waals surface area contributed by atoms with Crippen molar-refractivity contribution >= 4 is 29.5 Å². The Balaban J connectivity index is 1.34. The van der Waals surface area contributed by atoms with Crippen molar-refractivity contribution in [1.29, 1.82) is 0 Å². The number of likely N-dealkylation sites (tertiary alicyclic amines) is 1. The van der Waals surface area contributed by atoms with Crippen LogP contribution < -0.4 is 15.4 Å². The number of amides is 3. The van der Waals surface area contributed by atoms with Crippen molar-refractivity contribution in [2.45, 2.75) is 88.9 Å². The van der Waals surface area contributed by atoms with Crippen LogP contribution in [-0.2, 0) is 43.2 Å². The van der Waals surface area contributed by atoms with Crippen LogP contribution in [0.25, 0.3) is 0 Å². The van der Waals surface area contributed by atoms with Gasteiger partial charge in [0.15, 0.2) is 11.6 Å². The number of carbonyl (C=O) groups excluding carboxylic acids is 5. The van der Waals surface area contributed by atoms with E-state index >= 15 is 0 Å². The van der Waals surface area contributed by atoms with Crippen LogP contribution >= 0.6 is 0 Å². The van der Waals surface area contributed by atoms with Crippen molar-refractivity contribution in [3.05, 3.63) is 138 Å². The summed E-state index contributed by atoms with van der Waals surface area (Å²) in [5.41, 5.74) is 1.65. The van der Waals surface area contributed by atoms with Crippen LogP contribution in [0.4, 0.5) is 9.18 Å². The number of fused-ring (bicyclic) bond motifs is 10. The lowest BCUT2D eigenvalue weighted by atomic mass is 9.90. The summed E-state index contributed by atoms with van der Waals surface area (Å²) in [5, 5.41) is 5.57. The zero-order valence-corrected chi connectivity index (χ0v) is 32.4. The predicted molar refractivity (Wildman–Crippen MR) is 213 cm³/mol. The first-order valence-electron chi connectivity index (χ1n) is 19.5. The van der Waals surface area contributed by atoms with Crippen molar-refractivity contribution in [2.24, 2.45) is 5.92 Å². The Labute approximate surface area is 333 Å². The molecule has 7 rings (SSSR count). The quantitative estimate of drug-likeness (QED) is 0.169. The van der Waals surface area contributed by atoms with Crippen LogP contribution in [0.3, 0.4) is 0 Å². The molecule has 4 atom stereocenters. The number of hydrogen-bond donors (Lipinski definition) is 2. The maximum atomic E-state index is 14.5. The van der Waals surface area contributed by atoms with Gasteiger partial charge in [0.2, 0.25) is 17.4 Å². The summed E-state index contributed by atoms with van der Waals surface area (Å²) in [4.78, 5) is 71.8. The highest BCUT2D eigenvalue weighted by Crippen LogP contribution is 2.33. The standard InChI is InChI=1S/C46H48FN3O7/c1-46(2,3)57-45(55)49-39-27-31-11-9-15-36(25-31)56-35-21-18-30(19-22-35)26-38(41(51)23-20-32-12-7-8-16-37(32)47)48-44(54)34(28-42(39)52)29-43(53)50-24-10-17-40(50)33-13-5-4-6-14-33/h4-9,11-16,18-19,21-22,25,34,38-40H,1,10,17,20,23-24,26-29H2,2-3H3,(H-,48,49,54,55)/p+1/t34-,38?,39?,40+/m0/s1. The van der Waals surface area contributed by atoms with Gasteiger partial charge < -0.3 is 25.0 Å². The first kappa shape index (κ1) is 40.7. The van der Waals surface area contributed by atoms with Gasteiger partial charge in [0.25, 0.3) is 0 Å². The topological polar surface area (TPSA) is 131 Å². The van der Waals surface area contributed by atoms with Crippen LogP contribution in [0.2, 0.25) is 0 Å². The van der Waals surface area contributed by atoms with E-state index < -0.39 is 53.6 Å². The van der Waals surface area contributed by atoms with Crippen LogP contribution in [0.15, 0.2) is 103 Å². The molecule has 2 N–H and O–H groups in total. The molecule has 10 nitrogen and oxygen atoms in total. The fourth-order valence-electron chi connectivity index (χ4n) is 7.43. The Morgan fingerprint density at radius 3 is 2.37 bits per heavy atom. The molecule has 57 heavy (non-hydrogen) atoms. The number of halogens is 1. The van der Waals surface area contributed by atoms with Gasteiger partial charge in [-0.05, 0) is 78.3 Å². The fraction of sp³-hybridized carbons (Fsp3) is 0.348. The third kappa shape index (κ3) is 11.3. The van der Waals surface area contributed by atoms with Crippen LogP contribution in [0.1, 0.15) is 74.2 Å². The monoisotopic (exact) mass is 774 g/mol. The predicted octanol–water partition coefficient (Wildman–Crippen LogP) is 7.44. The Kier molecular flexibility index (Phi) is 13.1. The van der Waals surface area contributed by atoms with Crippen molar-refractivity contribution in [3.8, 4) is 11.5 Å². The molecule has 0 spiro atoms. The zero-order valence-electron chi connectivity index (χ0n) is 32.4. The molecule has 0 aromatic heterocycles. The molecule has 3 aliphatic rings. The molecule has 4 aromatic rings. The van der Waals surface area contributed by atoms with Gasteiger partial charge in [-0.25, -0.2) is 9.18 Å². The number of nitrogens with one attached hydrogen (secondary N) is 2. The third-order valence-electron chi connectivity index (χ3n) is 10.3. The van der Waals surface area contributed by atoms with Gasteiger partial charge in [-0.3, -0.25) is 19.2 Å². The second-order valence-electron chi connectivity index (χ2n) is 15.5. The molecule has 1 fully saturated rings. The lowest BCUT2D eigenvalue weighted by Gasteiger charge is -2.28. The normalized spacial score (nSPS) is 20.2. The highest BCUT2D eigenvalue weighted by molar-refractivity contribution is 5.96. The molecule has 3 heterocycles. The maximum absolute atomic E-state index is 14.5. The van der Waals surface area contributed by atoms with Gasteiger partial charge in [-0.1, -0.05) is 72.8 Å². The van der Waals surface area contributed by atoms with E-state index in [4.69, 9.17) is 9.47 Å². The molecular weight excluding hydrogens is 726 g/mol. The van der Waals surface area contributed by atoms with Crippen molar-refractivity contribution in [1.82, 2.24) is 15.5 Å². The largest absolute Gasteiger partial charge is 0.457 e. The van der Waals surface area contributed by atoms with Gasteiger partial charge in [-0.15, -0.1) is 0 Å². The molecule has 3 aliphatic heterocycles. The average molecular weight is 775 g/mol. The number of aryl methyl sites for hydroxylation is 1. The number of benzene rings is 4. The Hall–Kier alpha value is -5.97. The van der Waals surface area contributed by atoms with Crippen LogP contribution in [0.5, 0.6) is 11.5 Å². The first-order valence-corrected chi connectivity index (χ1v) is 19.5. The highest BCUT2D eigenvalue weighted by atomic mass is 19.1. The van der Waals surface area contributed by atoms with Gasteiger partial charge in [0.05, 0.1) is 24.0 Å². The van der Waals surface area contributed by atoms with Crippen molar-refractivity contribution in [2.75, 3.05) is 6.54 Å². The van der Waals surface area contributed by atoms with E-state index in [-0.39, 0.29) is 49.8 Å². The minimum Gasteiger partial charge on any atom is -0.457 e. The fourth-order valence-corrected chi connectivity index (χ4v) is 7.43. The summed E-state index contributed by atoms with van der Waals surface area (Å²) >= 11 is 0. The number of alkyl carbamates (subject to hydrolysis) is 1. The highest BCUT2D eigenvalue weighted by Gasteiger charge is 2.37. The molecule has 0 aliphatic carbocycles. The molecule has 1 saturated heterocycles. The summed E-state index contributed by atoms with van der Waals surface area (Å²) < 4.78 is 26.1. The SMILES string of the molecule is [CH2+]C(C)(C)OC(=O)NC1Cc2cccc(c2)Oc2ccc(cc2)CC(C(=O)CCc2ccccc2F)NC(=O)[C@H](CC(=O)N2CCC[C@@H]2c2ccccc2)CC1=O. The average Bonchev–Trinajstić information content (AvgIpc) is 3.67. The van der Waals surface area contributed by atoms with Crippen molar-refractivity contribution < 1.29 is 37.8 Å². The van der Waals surface area contributed by atoms with E-state index in [1.165, 1.54) is 6.07 Å². The van der Waals surface area contributed by atoms with E-state index in [2.05, 4.69) is 17.6 Å². The Morgan fingerprint density at radius 1 is 0.895 bits per heavy atom.